The molecule has 2 heterocycles. The van der Waals surface area contributed by atoms with Crippen LogP contribution in [0, 0.1) is 0 Å². The van der Waals surface area contributed by atoms with Crippen molar-refractivity contribution in [1.29, 1.82) is 0 Å². The minimum absolute atomic E-state index is 0. The fourth-order valence-electron chi connectivity index (χ4n) is 2.99. The number of benzene rings is 1. The fourth-order valence-corrected chi connectivity index (χ4v) is 3.80. The molecular weight excluding hydrogens is 485 g/mol. The Bertz CT molecular complexity index is 718. The fraction of sp³-hybridized carbons (Fsp3) is 0.500. The van der Waals surface area contributed by atoms with E-state index in [4.69, 9.17) is 14.7 Å². The molecule has 0 aliphatic carbocycles. The van der Waals surface area contributed by atoms with Crippen LogP contribution in [0.3, 0.4) is 0 Å². The van der Waals surface area contributed by atoms with Crippen molar-refractivity contribution in [2.45, 2.75) is 26.4 Å². The normalized spacial score (nSPS) is 16.3. The highest BCUT2D eigenvalue weighted by Crippen LogP contribution is 2.23. The Balaban J connectivity index is 0.00000280. The Hall–Kier alpha value is -1.23. The Morgan fingerprint density at radius 3 is 2.71 bits per heavy atom. The molecule has 1 aromatic heterocycles. The quantitative estimate of drug-likeness (QED) is 0.337. The van der Waals surface area contributed by atoms with Crippen molar-refractivity contribution < 1.29 is 4.74 Å². The average molecular weight is 515 g/mol. The van der Waals surface area contributed by atoms with Gasteiger partial charge < -0.3 is 15.4 Å². The maximum Gasteiger partial charge on any atom is 0.191 e. The second-order valence-electron chi connectivity index (χ2n) is 6.58. The standard InChI is InChI=1S/C20H29N5OS.HI/c1-3-21-20(22-13-16(2)25-9-11-26-12-10-25)23-14-18-15-27-19(24-18)17-7-5-4-6-8-17;/h4-8,15-16H,3,9-14H2,1-2H3,(H2,21,22,23);1H. The number of guanidine groups is 1. The number of rotatable bonds is 7. The first-order chi connectivity index (χ1) is 13.3. The second kappa shape index (κ2) is 12.4. The largest absolute Gasteiger partial charge is 0.379 e. The van der Waals surface area contributed by atoms with Gasteiger partial charge in [0, 0.05) is 43.2 Å². The third-order valence-corrected chi connectivity index (χ3v) is 5.49. The minimum atomic E-state index is 0. The van der Waals surface area contributed by atoms with Gasteiger partial charge in [0.15, 0.2) is 5.96 Å². The van der Waals surface area contributed by atoms with Gasteiger partial charge >= 0.3 is 0 Å². The molecule has 1 fully saturated rings. The SMILES string of the molecule is CCNC(=NCc1csc(-c2ccccc2)n1)NCC(C)N1CCOCC1.I. The van der Waals surface area contributed by atoms with E-state index in [2.05, 4.69) is 46.9 Å². The number of aromatic nitrogens is 1. The van der Waals surface area contributed by atoms with Gasteiger partial charge in [-0.05, 0) is 13.8 Å². The molecule has 1 aromatic carbocycles. The number of nitrogens with one attached hydrogen (secondary N) is 2. The number of ether oxygens (including phenoxy) is 1. The summed E-state index contributed by atoms with van der Waals surface area (Å²) >= 11 is 1.67. The highest BCUT2D eigenvalue weighted by Gasteiger charge is 2.17. The van der Waals surface area contributed by atoms with Gasteiger partial charge in [0.2, 0.25) is 0 Å². The lowest BCUT2D eigenvalue weighted by molar-refractivity contribution is 0.0211. The van der Waals surface area contributed by atoms with Crippen LogP contribution in [0.5, 0.6) is 0 Å². The summed E-state index contributed by atoms with van der Waals surface area (Å²) in [7, 11) is 0. The molecule has 3 rings (SSSR count). The minimum Gasteiger partial charge on any atom is -0.379 e. The number of hydrogen-bond donors (Lipinski definition) is 2. The molecule has 1 atom stereocenters. The van der Waals surface area contributed by atoms with Gasteiger partial charge in [0.1, 0.15) is 5.01 Å². The van der Waals surface area contributed by atoms with Crippen molar-refractivity contribution >= 4 is 41.3 Å². The van der Waals surface area contributed by atoms with Crippen LogP contribution in [0.15, 0.2) is 40.7 Å². The molecule has 6 nitrogen and oxygen atoms in total. The van der Waals surface area contributed by atoms with Crippen molar-refractivity contribution in [2.75, 3.05) is 39.4 Å². The summed E-state index contributed by atoms with van der Waals surface area (Å²) in [6.07, 6.45) is 0. The molecule has 2 aromatic rings. The van der Waals surface area contributed by atoms with Crippen LogP contribution in [0.4, 0.5) is 0 Å². The second-order valence-corrected chi connectivity index (χ2v) is 7.44. The summed E-state index contributed by atoms with van der Waals surface area (Å²) in [5.41, 5.74) is 2.15. The molecule has 0 spiro atoms. The first-order valence-electron chi connectivity index (χ1n) is 9.60. The van der Waals surface area contributed by atoms with Crippen LogP contribution >= 0.6 is 35.3 Å². The van der Waals surface area contributed by atoms with E-state index in [0.717, 1.165) is 61.6 Å². The van der Waals surface area contributed by atoms with E-state index in [-0.39, 0.29) is 24.0 Å². The third kappa shape index (κ3) is 6.98. The molecule has 2 N–H and O–H groups in total. The number of hydrogen-bond acceptors (Lipinski definition) is 5. The van der Waals surface area contributed by atoms with E-state index in [0.29, 0.717) is 12.6 Å². The number of nitrogens with zero attached hydrogens (tertiary/aromatic N) is 3. The molecule has 28 heavy (non-hydrogen) atoms. The molecule has 1 aliphatic rings. The van der Waals surface area contributed by atoms with Gasteiger partial charge in [-0.2, -0.15) is 0 Å². The monoisotopic (exact) mass is 515 g/mol. The first kappa shape index (κ1) is 23.1. The van der Waals surface area contributed by atoms with E-state index < -0.39 is 0 Å². The average Bonchev–Trinajstić information content (AvgIpc) is 3.20. The van der Waals surface area contributed by atoms with Crippen LogP contribution in [0.25, 0.3) is 10.6 Å². The molecule has 0 amide bonds. The van der Waals surface area contributed by atoms with Gasteiger partial charge in [0.05, 0.1) is 25.5 Å². The van der Waals surface area contributed by atoms with Crippen LogP contribution in [-0.4, -0.2) is 61.3 Å². The molecule has 154 valence electrons. The zero-order chi connectivity index (χ0) is 18.9. The Morgan fingerprint density at radius 1 is 1.25 bits per heavy atom. The first-order valence-corrected chi connectivity index (χ1v) is 10.5. The maximum atomic E-state index is 5.43. The van der Waals surface area contributed by atoms with Gasteiger partial charge in [-0.15, -0.1) is 35.3 Å². The smallest absolute Gasteiger partial charge is 0.191 e. The number of aliphatic imine (C=N–C) groups is 1. The van der Waals surface area contributed by atoms with Crippen molar-refractivity contribution in [3.05, 3.63) is 41.4 Å². The van der Waals surface area contributed by atoms with Gasteiger partial charge in [-0.1, -0.05) is 30.3 Å². The molecule has 1 aliphatic heterocycles. The number of halogens is 1. The van der Waals surface area contributed by atoms with E-state index in [1.807, 2.05) is 18.2 Å². The summed E-state index contributed by atoms with van der Waals surface area (Å²) in [5, 5.41) is 9.91. The third-order valence-electron chi connectivity index (χ3n) is 4.55. The highest BCUT2D eigenvalue weighted by molar-refractivity contribution is 14.0. The van der Waals surface area contributed by atoms with E-state index in [1.54, 1.807) is 11.3 Å². The summed E-state index contributed by atoms with van der Waals surface area (Å²) in [5.74, 6) is 0.840. The predicted molar refractivity (Wildman–Crippen MR) is 128 cm³/mol. The van der Waals surface area contributed by atoms with Crippen LogP contribution in [-0.2, 0) is 11.3 Å². The summed E-state index contributed by atoms with van der Waals surface area (Å²) in [6, 6.07) is 10.7. The topological polar surface area (TPSA) is 61.8 Å². The number of morpholine rings is 1. The Kier molecular flexibility index (Phi) is 10.2. The molecule has 0 bridgehead atoms. The van der Waals surface area contributed by atoms with Gasteiger partial charge in [0.25, 0.3) is 0 Å². The predicted octanol–water partition coefficient (Wildman–Crippen LogP) is 3.20. The van der Waals surface area contributed by atoms with E-state index in [1.165, 1.54) is 0 Å². The van der Waals surface area contributed by atoms with Crippen LogP contribution in [0.2, 0.25) is 0 Å². The molecule has 0 radical (unpaired) electrons. The lowest BCUT2D eigenvalue weighted by Gasteiger charge is -2.32. The highest BCUT2D eigenvalue weighted by atomic mass is 127. The maximum absolute atomic E-state index is 5.43. The molecule has 1 saturated heterocycles. The molecule has 1 unspecified atom stereocenters. The molecule has 8 heteroatoms. The summed E-state index contributed by atoms with van der Waals surface area (Å²) < 4.78 is 5.43. The van der Waals surface area contributed by atoms with Gasteiger partial charge in [-0.25, -0.2) is 9.98 Å². The number of thiazole rings is 1. The Morgan fingerprint density at radius 2 is 2.00 bits per heavy atom. The van der Waals surface area contributed by atoms with Crippen molar-refractivity contribution in [3.8, 4) is 10.6 Å². The van der Waals surface area contributed by atoms with Crippen molar-refractivity contribution in [3.63, 3.8) is 0 Å². The molecule has 0 saturated carbocycles. The lowest BCUT2D eigenvalue weighted by atomic mass is 10.2. The van der Waals surface area contributed by atoms with Crippen LogP contribution in [0.1, 0.15) is 19.5 Å². The van der Waals surface area contributed by atoms with E-state index in [9.17, 15) is 0 Å². The van der Waals surface area contributed by atoms with Gasteiger partial charge in [-0.3, -0.25) is 4.90 Å². The van der Waals surface area contributed by atoms with Crippen molar-refractivity contribution in [1.82, 2.24) is 20.5 Å². The summed E-state index contributed by atoms with van der Waals surface area (Å²) in [6.45, 7) is 10.2. The van der Waals surface area contributed by atoms with Crippen molar-refractivity contribution in [2.24, 2.45) is 4.99 Å². The summed E-state index contributed by atoms with van der Waals surface area (Å²) in [4.78, 5) is 11.9. The molecular formula is C20H30IN5OS. The lowest BCUT2D eigenvalue weighted by Crippen LogP contribution is -2.49. The van der Waals surface area contributed by atoms with E-state index >= 15 is 0 Å². The zero-order valence-electron chi connectivity index (χ0n) is 16.6. The van der Waals surface area contributed by atoms with Crippen LogP contribution < -0.4 is 10.6 Å². The zero-order valence-corrected chi connectivity index (χ0v) is 19.7. The Labute approximate surface area is 188 Å².